The summed E-state index contributed by atoms with van der Waals surface area (Å²) in [5.41, 5.74) is 6.97. The van der Waals surface area contributed by atoms with Gasteiger partial charge in [-0.15, -0.1) is 0 Å². The Labute approximate surface area is 125 Å². The third-order valence-electron chi connectivity index (χ3n) is 2.36. The van der Waals surface area contributed by atoms with Crippen LogP contribution in [0.15, 0.2) is 36.4 Å². The Bertz CT molecular complexity index is 624. The predicted molar refractivity (Wildman–Crippen MR) is 80.3 cm³/mol. The monoisotopic (exact) mass is 314 g/mol. The first-order valence-electron chi connectivity index (χ1n) is 5.28. The first-order valence-corrected chi connectivity index (χ1v) is 6.41. The number of benzene rings is 2. The molecule has 0 fully saturated rings. The molecule has 0 unspecified atom stereocenters. The van der Waals surface area contributed by atoms with Crippen molar-refractivity contribution < 1.29 is 4.79 Å². The molecule has 2 aromatic carbocycles. The molecule has 0 radical (unpaired) electrons. The summed E-state index contributed by atoms with van der Waals surface area (Å²) in [5, 5.41) is 3.88. The van der Waals surface area contributed by atoms with E-state index in [0.29, 0.717) is 32.0 Å². The summed E-state index contributed by atoms with van der Waals surface area (Å²) in [6.07, 6.45) is 0. The number of nitrogen functional groups attached to an aromatic ring is 1. The molecule has 6 heteroatoms. The molecule has 3 N–H and O–H groups in total. The van der Waals surface area contributed by atoms with Gasteiger partial charge in [0.2, 0.25) is 0 Å². The van der Waals surface area contributed by atoms with Crippen LogP contribution in [0.2, 0.25) is 15.1 Å². The lowest BCUT2D eigenvalue weighted by atomic mass is 10.2. The topological polar surface area (TPSA) is 55.1 Å². The molecule has 1 amide bonds. The summed E-state index contributed by atoms with van der Waals surface area (Å²) in [7, 11) is 0. The van der Waals surface area contributed by atoms with Crippen LogP contribution in [0.25, 0.3) is 0 Å². The Morgan fingerprint density at radius 2 is 1.74 bits per heavy atom. The summed E-state index contributed by atoms with van der Waals surface area (Å²) < 4.78 is 0. The number of carbonyl (C=O) groups excluding carboxylic acids is 1. The van der Waals surface area contributed by atoms with Crippen LogP contribution in [0.5, 0.6) is 0 Å². The van der Waals surface area contributed by atoms with Crippen LogP contribution in [0.1, 0.15) is 10.4 Å². The number of anilines is 2. The third kappa shape index (κ3) is 3.53. The maximum atomic E-state index is 12.0. The van der Waals surface area contributed by atoms with Crippen molar-refractivity contribution in [2.75, 3.05) is 11.1 Å². The second kappa shape index (κ2) is 5.70. The highest BCUT2D eigenvalue weighted by atomic mass is 35.5. The van der Waals surface area contributed by atoms with E-state index in [0.717, 1.165) is 0 Å². The van der Waals surface area contributed by atoms with Crippen LogP contribution < -0.4 is 11.1 Å². The van der Waals surface area contributed by atoms with E-state index in [4.69, 9.17) is 40.5 Å². The molecule has 98 valence electrons. The molecule has 2 rings (SSSR count). The van der Waals surface area contributed by atoms with E-state index in [1.807, 2.05) is 0 Å². The van der Waals surface area contributed by atoms with Crippen LogP contribution in [0, 0.1) is 0 Å². The predicted octanol–water partition coefficient (Wildman–Crippen LogP) is 4.48. The van der Waals surface area contributed by atoms with Crippen LogP contribution in [-0.2, 0) is 0 Å². The average molecular weight is 316 g/mol. The second-order valence-corrected chi connectivity index (χ2v) is 5.11. The summed E-state index contributed by atoms with van der Waals surface area (Å²) in [6, 6.07) is 9.46. The zero-order chi connectivity index (χ0) is 14.0. The van der Waals surface area contributed by atoms with Gasteiger partial charge in [0.15, 0.2) is 0 Å². The van der Waals surface area contributed by atoms with E-state index >= 15 is 0 Å². The van der Waals surface area contributed by atoms with E-state index in [1.54, 1.807) is 30.3 Å². The summed E-state index contributed by atoms with van der Waals surface area (Å²) >= 11 is 17.5. The van der Waals surface area contributed by atoms with Gasteiger partial charge in [-0.1, -0.05) is 34.8 Å². The zero-order valence-electron chi connectivity index (χ0n) is 9.58. The number of nitrogens with two attached hydrogens (primary N) is 1. The number of nitrogens with one attached hydrogen (secondary N) is 1. The average Bonchev–Trinajstić information content (AvgIpc) is 2.32. The Balaban J connectivity index is 2.22. The van der Waals surface area contributed by atoms with Gasteiger partial charge in [0.1, 0.15) is 0 Å². The highest BCUT2D eigenvalue weighted by Crippen LogP contribution is 2.25. The Hall–Kier alpha value is -1.42. The molecule has 0 heterocycles. The zero-order valence-corrected chi connectivity index (χ0v) is 11.9. The molecule has 3 nitrogen and oxygen atoms in total. The van der Waals surface area contributed by atoms with Crippen molar-refractivity contribution >= 4 is 52.1 Å². The number of rotatable bonds is 2. The van der Waals surface area contributed by atoms with Crippen LogP contribution in [0.4, 0.5) is 11.4 Å². The summed E-state index contributed by atoms with van der Waals surface area (Å²) in [6.45, 7) is 0. The van der Waals surface area contributed by atoms with Crippen LogP contribution in [0.3, 0.4) is 0 Å². The van der Waals surface area contributed by atoms with E-state index in [-0.39, 0.29) is 5.91 Å². The van der Waals surface area contributed by atoms with Crippen molar-refractivity contribution in [2.24, 2.45) is 0 Å². The fourth-order valence-corrected chi connectivity index (χ4v) is 2.06. The molecule has 0 aromatic heterocycles. The van der Waals surface area contributed by atoms with Crippen molar-refractivity contribution in [3.8, 4) is 0 Å². The minimum absolute atomic E-state index is 0.326. The number of halogens is 3. The Morgan fingerprint density at radius 3 is 2.37 bits per heavy atom. The normalized spacial score (nSPS) is 10.3. The third-order valence-corrected chi connectivity index (χ3v) is 3.32. The lowest BCUT2D eigenvalue weighted by molar-refractivity contribution is 0.102. The lowest BCUT2D eigenvalue weighted by Crippen LogP contribution is -2.12. The molecule has 0 aliphatic rings. The van der Waals surface area contributed by atoms with Crippen molar-refractivity contribution in [3.05, 3.63) is 57.0 Å². The molecule has 0 aliphatic heterocycles. The molecule has 19 heavy (non-hydrogen) atoms. The van der Waals surface area contributed by atoms with Crippen LogP contribution in [-0.4, -0.2) is 5.91 Å². The first-order chi connectivity index (χ1) is 8.95. The van der Waals surface area contributed by atoms with E-state index in [1.165, 1.54) is 6.07 Å². The van der Waals surface area contributed by atoms with Crippen LogP contribution >= 0.6 is 34.8 Å². The first kappa shape index (κ1) is 14.0. The second-order valence-electron chi connectivity index (χ2n) is 3.86. The highest BCUT2D eigenvalue weighted by molar-refractivity contribution is 6.42. The van der Waals surface area contributed by atoms with Gasteiger partial charge in [0, 0.05) is 22.0 Å². The molecule has 0 aliphatic carbocycles. The number of hydrogen-bond acceptors (Lipinski definition) is 2. The fourth-order valence-electron chi connectivity index (χ4n) is 1.52. The molecule has 0 bridgehead atoms. The fraction of sp³-hybridized carbons (Fsp3) is 0. The van der Waals surface area contributed by atoms with Gasteiger partial charge in [-0.3, -0.25) is 4.79 Å². The molecule has 0 saturated heterocycles. The number of amides is 1. The van der Waals surface area contributed by atoms with Crippen molar-refractivity contribution in [3.63, 3.8) is 0 Å². The molecule has 2 aromatic rings. The maximum absolute atomic E-state index is 12.0. The largest absolute Gasteiger partial charge is 0.399 e. The standard InChI is InChI=1S/C13H9Cl3N2O/c14-8-3-7(4-9(17)5-8)13(19)18-10-1-2-11(15)12(16)6-10/h1-6H,17H2,(H,18,19). The van der Waals surface area contributed by atoms with Gasteiger partial charge in [-0.25, -0.2) is 0 Å². The van der Waals surface area contributed by atoms with Crippen molar-refractivity contribution in [1.29, 1.82) is 0 Å². The van der Waals surface area contributed by atoms with E-state index in [9.17, 15) is 4.79 Å². The van der Waals surface area contributed by atoms with Crippen molar-refractivity contribution in [1.82, 2.24) is 0 Å². The minimum Gasteiger partial charge on any atom is -0.399 e. The molecule has 0 spiro atoms. The minimum atomic E-state index is -0.326. The quantitative estimate of drug-likeness (QED) is 0.803. The van der Waals surface area contributed by atoms with E-state index in [2.05, 4.69) is 5.32 Å². The van der Waals surface area contributed by atoms with Gasteiger partial charge in [0.25, 0.3) is 5.91 Å². The summed E-state index contributed by atoms with van der Waals surface area (Å²) in [4.78, 5) is 12.0. The molecule has 0 saturated carbocycles. The lowest BCUT2D eigenvalue weighted by Gasteiger charge is -2.07. The molecular weight excluding hydrogens is 307 g/mol. The number of hydrogen-bond donors (Lipinski definition) is 2. The van der Waals surface area contributed by atoms with E-state index < -0.39 is 0 Å². The van der Waals surface area contributed by atoms with Gasteiger partial charge in [0.05, 0.1) is 10.0 Å². The van der Waals surface area contributed by atoms with Gasteiger partial charge in [-0.05, 0) is 36.4 Å². The highest BCUT2D eigenvalue weighted by Gasteiger charge is 2.09. The Morgan fingerprint density at radius 1 is 1.00 bits per heavy atom. The Kier molecular flexibility index (Phi) is 4.20. The van der Waals surface area contributed by atoms with Gasteiger partial charge < -0.3 is 11.1 Å². The summed E-state index contributed by atoms with van der Waals surface area (Å²) in [5.74, 6) is -0.326. The van der Waals surface area contributed by atoms with Crippen molar-refractivity contribution in [2.45, 2.75) is 0 Å². The maximum Gasteiger partial charge on any atom is 0.255 e. The SMILES string of the molecule is Nc1cc(Cl)cc(C(=O)Nc2ccc(Cl)c(Cl)c2)c1. The van der Waals surface area contributed by atoms with Gasteiger partial charge >= 0.3 is 0 Å². The molecular formula is C13H9Cl3N2O. The molecule has 0 atom stereocenters. The van der Waals surface area contributed by atoms with Gasteiger partial charge in [-0.2, -0.15) is 0 Å². The smallest absolute Gasteiger partial charge is 0.255 e. The number of carbonyl (C=O) groups is 1.